The van der Waals surface area contributed by atoms with Crippen molar-refractivity contribution in [2.45, 2.75) is 39.2 Å². The Morgan fingerprint density at radius 2 is 2.21 bits per heavy atom. The third-order valence-corrected chi connectivity index (χ3v) is 3.35. The van der Waals surface area contributed by atoms with E-state index in [0.29, 0.717) is 26.1 Å². The maximum Gasteiger partial charge on any atom is 0.320 e. The summed E-state index contributed by atoms with van der Waals surface area (Å²) in [6, 6.07) is 2.00. The Hall–Kier alpha value is -1.77. The summed E-state index contributed by atoms with van der Waals surface area (Å²) in [5.41, 5.74) is 0. The molecular formula is C13H21N3O3. The van der Waals surface area contributed by atoms with E-state index in [-0.39, 0.29) is 24.4 Å². The van der Waals surface area contributed by atoms with Gasteiger partial charge in [0.25, 0.3) is 0 Å². The van der Waals surface area contributed by atoms with E-state index >= 15 is 0 Å². The van der Waals surface area contributed by atoms with Crippen molar-refractivity contribution in [2.24, 2.45) is 5.92 Å². The maximum atomic E-state index is 12.3. The molecule has 0 saturated carbocycles. The maximum absolute atomic E-state index is 12.3. The molecule has 0 aliphatic carbocycles. The van der Waals surface area contributed by atoms with E-state index in [2.05, 4.69) is 0 Å². The Balaban J connectivity index is 2.56. The van der Waals surface area contributed by atoms with Gasteiger partial charge in [-0.1, -0.05) is 0 Å². The van der Waals surface area contributed by atoms with E-state index in [0.717, 1.165) is 6.42 Å². The summed E-state index contributed by atoms with van der Waals surface area (Å²) in [7, 11) is 0. The van der Waals surface area contributed by atoms with Crippen LogP contribution >= 0.6 is 0 Å². The van der Waals surface area contributed by atoms with Gasteiger partial charge >= 0.3 is 12.0 Å². The topological polar surface area (TPSA) is 84.6 Å². The van der Waals surface area contributed by atoms with Crippen molar-refractivity contribution in [3.63, 3.8) is 0 Å². The van der Waals surface area contributed by atoms with Crippen LogP contribution in [0.4, 0.5) is 4.79 Å². The highest BCUT2D eigenvalue weighted by Gasteiger charge is 2.31. The van der Waals surface area contributed by atoms with Gasteiger partial charge in [-0.25, -0.2) is 4.79 Å². The lowest BCUT2D eigenvalue weighted by Gasteiger charge is -2.30. The van der Waals surface area contributed by atoms with Gasteiger partial charge in [-0.2, -0.15) is 5.26 Å². The number of urea groups is 1. The van der Waals surface area contributed by atoms with Crippen LogP contribution in [0.1, 0.15) is 33.1 Å². The zero-order valence-electron chi connectivity index (χ0n) is 11.5. The molecule has 1 N–H and O–H groups in total. The number of carbonyl (C=O) groups excluding carboxylic acids is 1. The summed E-state index contributed by atoms with van der Waals surface area (Å²) in [5, 5.41) is 17.4. The minimum absolute atomic E-state index is 0.0411. The first-order valence-corrected chi connectivity index (χ1v) is 6.60. The Labute approximate surface area is 113 Å². The Morgan fingerprint density at radius 1 is 1.53 bits per heavy atom. The van der Waals surface area contributed by atoms with Crippen molar-refractivity contribution in [2.75, 3.05) is 19.6 Å². The molecule has 0 spiro atoms. The molecule has 19 heavy (non-hydrogen) atoms. The fourth-order valence-corrected chi connectivity index (χ4v) is 2.35. The Kier molecular flexibility index (Phi) is 5.61. The van der Waals surface area contributed by atoms with Crippen LogP contribution in [0.5, 0.6) is 0 Å². The molecule has 0 aromatic carbocycles. The van der Waals surface area contributed by atoms with Gasteiger partial charge in [-0.05, 0) is 26.2 Å². The quantitative estimate of drug-likeness (QED) is 0.818. The van der Waals surface area contributed by atoms with Crippen molar-refractivity contribution in [3.05, 3.63) is 0 Å². The predicted molar refractivity (Wildman–Crippen MR) is 69.4 cm³/mol. The molecule has 1 aliphatic heterocycles. The zero-order valence-corrected chi connectivity index (χ0v) is 11.5. The van der Waals surface area contributed by atoms with E-state index < -0.39 is 5.97 Å². The fourth-order valence-electron chi connectivity index (χ4n) is 2.35. The number of carboxylic acid groups (broad SMARTS) is 1. The molecule has 2 amide bonds. The monoisotopic (exact) mass is 267 g/mol. The molecule has 6 nitrogen and oxygen atoms in total. The lowest BCUT2D eigenvalue weighted by molar-refractivity contribution is -0.138. The van der Waals surface area contributed by atoms with Crippen LogP contribution in [0.25, 0.3) is 0 Å². The molecule has 0 bridgehead atoms. The average Bonchev–Trinajstić information content (AvgIpc) is 2.76. The number of hydrogen-bond donors (Lipinski definition) is 1. The molecule has 1 unspecified atom stereocenters. The highest BCUT2D eigenvalue weighted by molar-refractivity contribution is 5.75. The van der Waals surface area contributed by atoms with Crippen molar-refractivity contribution < 1.29 is 14.7 Å². The van der Waals surface area contributed by atoms with Gasteiger partial charge in [-0.3, -0.25) is 4.79 Å². The summed E-state index contributed by atoms with van der Waals surface area (Å²) in [6.45, 7) is 5.36. The van der Waals surface area contributed by atoms with Crippen LogP contribution in [0.15, 0.2) is 0 Å². The second-order valence-corrected chi connectivity index (χ2v) is 5.18. The molecular weight excluding hydrogens is 246 g/mol. The molecule has 6 heteroatoms. The van der Waals surface area contributed by atoms with Crippen LogP contribution in [0.2, 0.25) is 0 Å². The molecule has 1 fully saturated rings. The SMILES string of the molecule is CC(C)N(CCC#N)C(=O)N1CCC(CC(=O)O)C1. The first-order chi connectivity index (χ1) is 8.95. The first kappa shape index (κ1) is 15.3. The molecule has 0 aromatic heterocycles. The number of nitrogens with zero attached hydrogens (tertiary/aromatic N) is 3. The average molecular weight is 267 g/mol. The van der Waals surface area contributed by atoms with Gasteiger partial charge in [0.2, 0.25) is 0 Å². The van der Waals surface area contributed by atoms with Gasteiger partial charge < -0.3 is 14.9 Å². The van der Waals surface area contributed by atoms with Crippen LogP contribution in [-0.4, -0.2) is 52.6 Å². The number of likely N-dealkylation sites (tertiary alicyclic amines) is 1. The number of carbonyl (C=O) groups is 2. The molecule has 1 rings (SSSR count). The normalized spacial score (nSPS) is 18.4. The largest absolute Gasteiger partial charge is 0.481 e. The van der Waals surface area contributed by atoms with Crippen molar-refractivity contribution in [1.29, 1.82) is 5.26 Å². The predicted octanol–water partition coefficient (Wildman–Crippen LogP) is 1.53. The molecule has 1 aliphatic rings. The van der Waals surface area contributed by atoms with Crippen molar-refractivity contribution >= 4 is 12.0 Å². The van der Waals surface area contributed by atoms with E-state index in [4.69, 9.17) is 10.4 Å². The second-order valence-electron chi connectivity index (χ2n) is 5.18. The van der Waals surface area contributed by atoms with E-state index in [1.807, 2.05) is 19.9 Å². The van der Waals surface area contributed by atoms with Gasteiger partial charge in [0.1, 0.15) is 0 Å². The first-order valence-electron chi connectivity index (χ1n) is 6.60. The standard InChI is InChI=1S/C13H21N3O3/c1-10(2)16(6-3-5-14)13(19)15-7-4-11(9-15)8-12(17)18/h10-11H,3-4,6-9H2,1-2H3,(H,17,18). The molecule has 0 aromatic rings. The van der Waals surface area contributed by atoms with E-state index in [1.54, 1.807) is 9.80 Å². The van der Waals surface area contributed by atoms with Gasteiger partial charge in [0.05, 0.1) is 12.5 Å². The van der Waals surface area contributed by atoms with E-state index in [1.165, 1.54) is 0 Å². The number of carboxylic acids is 1. The molecule has 106 valence electrons. The third-order valence-electron chi connectivity index (χ3n) is 3.35. The summed E-state index contributed by atoms with van der Waals surface area (Å²) < 4.78 is 0. The summed E-state index contributed by atoms with van der Waals surface area (Å²) >= 11 is 0. The summed E-state index contributed by atoms with van der Waals surface area (Å²) in [6.07, 6.45) is 1.17. The molecule has 0 radical (unpaired) electrons. The van der Waals surface area contributed by atoms with Crippen molar-refractivity contribution in [3.8, 4) is 6.07 Å². The second kappa shape index (κ2) is 6.98. The van der Waals surface area contributed by atoms with Crippen LogP contribution in [-0.2, 0) is 4.79 Å². The van der Waals surface area contributed by atoms with Crippen LogP contribution in [0.3, 0.4) is 0 Å². The lowest BCUT2D eigenvalue weighted by atomic mass is 10.1. The van der Waals surface area contributed by atoms with Gasteiger partial charge in [-0.15, -0.1) is 0 Å². The number of nitriles is 1. The Bertz CT molecular complexity index is 376. The summed E-state index contributed by atoms with van der Waals surface area (Å²) in [5.74, 6) is -0.768. The Morgan fingerprint density at radius 3 is 2.74 bits per heavy atom. The summed E-state index contributed by atoms with van der Waals surface area (Å²) in [4.78, 5) is 26.4. The number of rotatable bonds is 5. The number of amides is 2. The molecule has 1 saturated heterocycles. The smallest absolute Gasteiger partial charge is 0.320 e. The highest BCUT2D eigenvalue weighted by atomic mass is 16.4. The van der Waals surface area contributed by atoms with Crippen molar-refractivity contribution in [1.82, 2.24) is 9.80 Å². The minimum Gasteiger partial charge on any atom is -0.481 e. The molecule has 1 atom stereocenters. The van der Waals surface area contributed by atoms with Crippen LogP contribution in [0, 0.1) is 17.2 Å². The highest BCUT2D eigenvalue weighted by Crippen LogP contribution is 2.21. The number of hydrogen-bond acceptors (Lipinski definition) is 3. The minimum atomic E-state index is -0.815. The fraction of sp³-hybridized carbons (Fsp3) is 0.769. The molecule has 1 heterocycles. The zero-order chi connectivity index (χ0) is 14.4. The van der Waals surface area contributed by atoms with Gasteiger partial charge in [0, 0.05) is 32.1 Å². The third kappa shape index (κ3) is 4.43. The van der Waals surface area contributed by atoms with E-state index in [9.17, 15) is 9.59 Å². The lowest BCUT2D eigenvalue weighted by Crippen LogP contribution is -2.46. The van der Waals surface area contributed by atoms with Gasteiger partial charge in [0.15, 0.2) is 0 Å². The number of aliphatic carboxylic acids is 1. The van der Waals surface area contributed by atoms with Crippen LogP contribution < -0.4 is 0 Å².